The lowest BCUT2D eigenvalue weighted by atomic mass is 10.0. The zero-order valence-corrected chi connectivity index (χ0v) is 23.6. The van der Waals surface area contributed by atoms with Gasteiger partial charge in [0.1, 0.15) is 11.6 Å². The van der Waals surface area contributed by atoms with Crippen molar-refractivity contribution < 1.29 is 13.5 Å². The minimum absolute atomic E-state index is 0. The Kier molecular flexibility index (Phi) is 11.0. The Balaban J connectivity index is 0.00000140. The number of morpholine rings is 1. The van der Waals surface area contributed by atoms with Gasteiger partial charge in [0.2, 0.25) is 0 Å². The average Bonchev–Trinajstić information content (AvgIpc) is 3.42. The number of aromatic nitrogens is 4. The number of nitrogens with zero attached hydrogens (tertiary/aromatic N) is 5. The molecular formula is C27H31Cl3F2N6O. The summed E-state index contributed by atoms with van der Waals surface area (Å²) in [6.45, 7) is 4.67. The molecule has 6 rings (SSSR count). The van der Waals surface area contributed by atoms with Crippen molar-refractivity contribution in [1.82, 2.24) is 30.0 Å². The Hall–Kier alpha value is -2.40. The number of hydrogen-bond donors (Lipinski definition) is 1. The summed E-state index contributed by atoms with van der Waals surface area (Å²) in [6.07, 6.45) is 7.61. The van der Waals surface area contributed by atoms with Gasteiger partial charge in [-0.15, -0.1) is 37.2 Å². The summed E-state index contributed by atoms with van der Waals surface area (Å²) in [7, 11) is 0. The molecule has 210 valence electrons. The van der Waals surface area contributed by atoms with Gasteiger partial charge >= 0.3 is 0 Å². The molecule has 4 aromatic rings. The van der Waals surface area contributed by atoms with E-state index in [4.69, 9.17) is 9.72 Å². The molecule has 2 aromatic heterocycles. The first-order valence-electron chi connectivity index (χ1n) is 12.4. The number of hydrogen-bond acceptors (Lipinski definition) is 6. The SMILES string of the molecule is Cl.Cl.Cl.Fc1cc(-c2cccc3ncc(-c4cnn(C5CCNCC5)c4)nc23)cc(F)c1CN1CCOCC1. The smallest absolute Gasteiger partial charge is 0.131 e. The summed E-state index contributed by atoms with van der Waals surface area (Å²) in [4.78, 5) is 11.5. The third-order valence-corrected chi connectivity index (χ3v) is 7.09. The van der Waals surface area contributed by atoms with E-state index < -0.39 is 11.6 Å². The van der Waals surface area contributed by atoms with Crippen molar-refractivity contribution in [2.24, 2.45) is 0 Å². The number of nitrogens with one attached hydrogen (secondary N) is 1. The fourth-order valence-electron chi connectivity index (χ4n) is 5.04. The van der Waals surface area contributed by atoms with Crippen LogP contribution in [0.15, 0.2) is 48.9 Å². The van der Waals surface area contributed by atoms with Gasteiger partial charge in [0.25, 0.3) is 0 Å². The summed E-state index contributed by atoms with van der Waals surface area (Å²) in [6, 6.07) is 8.68. The van der Waals surface area contributed by atoms with Crippen LogP contribution in [0.5, 0.6) is 0 Å². The third kappa shape index (κ3) is 6.67. The van der Waals surface area contributed by atoms with Crippen molar-refractivity contribution in [2.75, 3.05) is 39.4 Å². The van der Waals surface area contributed by atoms with Gasteiger partial charge in [0.05, 0.1) is 48.4 Å². The second-order valence-corrected chi connectivity index (χ2v) is 9.43. The van der Waals surface area contributed by atoms with Crippen LogP contribution in [-0.2, 0) is 11.3 Å². The van der Waals surface area contributed by atoms with Crippen molar-refractivity contribution >= 4 is 48.3 Å². The second kappa shape index (κ2) is 13.8. The van der Waals surface area contributed by atoms with E-state index in [1.165, 1.54) is 12.1 Å². The highest BCUT2D eigenvalue weighted by Crippen LogP contribution is 2.31. The standard InChI is InChI=1S/C27H28F2N6O.3ClH/c28-23-12-18(13-24(29)22(23)17-34-8-10-36-11-9-34)21-2-1-3-25-27(21)33-26(15-31-25)19-14-32-35(16-19)20-4-6-30-7-5-20;;;/h1-3,12-16,20,30H,4-11,17H2;3*1H. The zero-order valence-electron chi connectivity index (χ0n) is 21.2. The fraction of sp³-hybridized carbons (Fsp3) is 0.370. The molecule has 0 atom stereocenters. The van der Waals surface area contributed by atoms with Gasteiger partial charge in [-0.05, 0) is 49.7 Å². The lowest BCUT2D eigenvalue weighted by molar-refractivity contribution is 0.0332. The number of ether oxygens (including phenoxy) is 1. The average molecular weight is 600 g/mol. The fourth-order valence-corrected chi connectivity index (χ4v) is 5.04. The molecular weight excluding hydrogens is 569 g/mol. The van der Waals surface area contributed by atoms with Crippen LogP contribution in [-0.4, -0.2) is 64.0 Å². The van der Waals surface area contributed by atoms with E-state index in [0.717, 1.165) is 31.5 Å². The lowest BCUT2D eigenvalue weighted by Crippen LogP contribution is -2.36. The topological polar surface area (TPSA) is 68.1 Å². The Labute approximate surface area is 244 Å². The Bertz CT molecular complexity index is 1370. The molecule has 12 heteroatoms. The summed E-state index contributed by atoms with van der Waals surface area (Å²) in [5.41, 5.74) is 3.99. The molecule has 2 fully saturated rings. The molecule has 0 aliphatic carbocycles. The molecule has 7 nitrogen and oxygen atoms in total. The maximum absolute atomic E-state index is 15.1. The van der Waals surface area contributed by atoms with Gasteiger partial charge in [0, 0.05) is 42.5 Å². The molecule has 0 spiro atoms. The quantitative estimate of drug-likeness (QED) is 0.329. The summed E-state index contributed by atoms with van der Waals surface area (Å²) < 4.78 is 37.6. The minimum Gasteiger partial charge on any atom is -0.379 e. The maximum atomic E-state index is 15.1. The highest BCUT2D eigenvalue weighted by atomic mass is 35.5. The summed E-state index contributed by atoms with van der Waals surface area (Å²) in [5, 5.41) is 7.94. The monoisotopic (exact) mass is 598 g/mol. The molecule has 0 radical (unpaired) electrons. The van der Waals surface area contributed by atoms with Gasteiger partial charge < -0.3 is 10.1 Å². The zero-order chi connectivity index (χ0) is 24.5. The molecule has 39 heavy (non-hydrogen) atoms. The van der Waals surface area contributed by atoms with Gasteiger partial charge in [-0.3, -0.25) is 14.6 Å². The van der Waals surface area contributed by atoms with Gasteiger partial charge in [-0.25, -0.2) is 13.8 Å². The Morgan fingerprint density at radius 3 is 2.38 bits per heavy atom. The van der Waals surface area contributed by atoms with E-state index in [-0.39, 0.29) is 49.3 Å². The summed E-state index contributed by atoms with van der Waals surface area (Å²) >= 11 is 0. The van der Waals surface area contributed by atoms with Crippen LogP contribution < -0.4 is 5.32 Å². The molecule has 2 aliphatic rings. The first kappa shape index (κ1) is 31.1. The first-order chi connectivity index (χ1) is 17.7. The predicted octanol–water partition coefficient (Wildman–Crippen LogP) is 5.46. The highest BCUT2D eigenvalue weighted by molar-refractivity contribution is 5.92. The molecule has 0 saturated carbocycles. The van der Waals surface area contributed by atoms with Crippen LogP contribution in [0.4, 0.5) is 8.78 Å². The molecule has 0 bridgehead atoms. The number of halogens is 5. The maximum Gasteiger partial charge on any atom is 0.131 e. The van der Waals surface area contributed by atoms with Crippen molar-refractivity contribution in [3.05, 3.63) is 66.1 Å². The molecule has 2 aromatic carbocycles. The first-order valence-corrected chi connectivity index (χ1v) is 12.4. The number of benzene rings is 2. The molecule has 0 amide bonds. The van der Waals surface area contributed by atoms with E-state index >= 15 is 8.78 Å². The Morgan fingerprint density at radius 1 is 0.949 bits per heavy atom. The highest BCUT2D eigenvalue weighted by Gasteiger charge is 2.20. The largest absolute Gasteiger partial charge is 0.379 e. The molecule has 2 saturated heterocycles. The van der Waals surface area contributed by atoms with Crippen molar-refractivity contribution in [3.63, 3.8) is 0 Å². The number of fused-ring (bicyclic) bond motifs is 1. The van der Waals surface area contributed by atoms with Crippen LogP contribution in [0.1, 0.15) is 24.4 Å². The van der Waals surface area contributed by atoms with E-state index in [9.17, 15) is 0 Å². The van der Waals surface area contributed by atoms with E-state index in [0.29, 0.717) is 60.2 Å². The second-order valence-electron chi connectivity index (χ2n) is 9.43. The Morgan fingerprint density at radius 2 is 1.67 bits per heavy atom. The van der Waals surface area contributed by atoms with Crippen molar-refractivity contribution in [1.29, 1.82) is 0 Å². The van der Waals surface area contributed by atoms with Crippen molar-refractivity contribution in [3.8, 4) is 22.4 Å². The van der Waals surface area contributed by atoms with E-state index in [2.05, 4.69) is 15.4 Å². The third-order valence-electron chi connectivity index (χ3n) is 7.09. The van der Waals surface area contributed by atoms with Crippen LogP contribution in [0, 0.1) is 11.6 Å². The normalized spacial score (nSPS) is 16.3. The van der Waals surface area contributed by atoms with Crippen LogP contribution in [0.2, 0.25) is 0 Å². The van der Waals surface area contributed by atoms with Crippen LogP contribution in [0.3, 0.4) is 0 Å². The van der Waals surface area contributed by atoms with Gasteiger partial charge in [-0.2, -0.15) is 5.10 Å². The van der Waals surface area contributed by atoms with Crippen molar-refractivity contribution in [2.45, 2.75) is 25.4 Å². The van der Waals surface area contributed by atoms with Gasteiger partial charge in [-0.1, -0.05) is 12.1 Å². The number of rotatable bonds is 5. The van der Waals surface area contributed by atoms with Crippen LogP contribution >= 0.6 is 37.2 Å². The minimum atomic E-state index is -0.555. The molecule has 0 unspecified atom stereocenters. The summed E-state index contributed by atoms with van der Waals surface area (Å²) in [5.74, 6) is -1.11. The molecule has 2 aliphatic heterocycles. The predicted molar refractivity (Wildman–Crippen MR) is 155 cm³/mol. The number of piperidine rings is 1. The van der Waals surface area contributed by atoms with E-state index in [1.807, 2.05) is 34.0 Å². The lowest BCUT2D eigenvalue weighted by Gasteiger charge is -2.27. The number of para-hydroxylation sites is 1. The molecule has 1 N–H and O–H groups in total. The van der Waals surface area contributed by atoms with Crippen LogP contribution in [0.25, 0.3) is 33.4 Å². The van der Waals surface area contributed by atoms with Gasteiger partial charge in [0.15, 0.2) is 0 Å². The van der Waals surface area contributed by atoms with E-state index in [1.54, 1.807) is 12.4 Å². The molecule has 4 heterocycles.